The summed E-state index contributed by atoms with van der Waals surface area (Å²) in [6.45, 7) is 0.902. The van der Waals surface area contributed by atoms with Crippen LogP contribution in [0.5, 0.6) is 0 Å². The minimum atomic E-state index is 0.902. The standard InChI is InChI=1S/C22H17N4/c1-24-19-13-23-12-11-18(19)20-22(24)25-14-15-7-5-6-10-17(15)21(25)26(20)16-8-3-2-4-9-16/h2-13H,14H2,1H3/q+1. The van der Waals surface area contributed by atoms with Crippen LogP contribution in [0.25, 0.3) is 39.1 Å². The molecule has 0 saturated carbocycles. The number of aryl methyl sites for hydroxylation is 1. The molecule has 2 aromatic carbocycles. The Kier molecular flexibility index (Phi) is 2.57. The largest absolute Gasteiger partial charge is 0.270 e. The second kappa shape index (κ2) is 4.82. The summed E-state index contributed by atoms with van der Waals surface area (Å²) in [7, 11) is 2.14. The van der Waals surface area contributed by atoms with E-state index in [9.17, 15) is 0 Å². The van der Waals surface area contributed by atoms with E-state index >= 15 is 0 Å². The van der Waals surface area contributed by atoms with Crippen molar-refractivity contribution in [3.63, 3.8) is 0 Å². The lowest BCUT2D eigenvalue weighted by Gasteiger charge is -2.04. The number of hydrogen-bond acceptors (Lipinski definition) is 1. The second-order valence-corrected chi connectivity index (χ2v) is 6.86. The minimum Gasteiger partial charge on any atom is -0.261 e. The summed E-state index contributed by atoms with van der Waals surface area (Å²) in [6.07, 6.45) is 3.84. The normalized spacial score (nSPS) is 12.7. The fraction of sp³-hybridized carbons (Fsp3) is 0.0909. The number of rotatable bonds is 1. The number of benzene rings is 2. The van der Waals surface area contributed by atoms with Crippen molar-refractivity contribution in [2.24, 2.45) is 7.05 Å². The van der Waals surface area contributed by atoms with E-state index in [4.69, 9.17) is 0 Å². The van der Waals surface area contributed by atoms with Gasteiger partial charge in [-0.2, -0.15) is 0 Å². The molecule has 0 aliphatic carbocycles. The summed E-state index contributed by atoms with van der Waals surface area (Å²) < 4.78 is 7.11. The molecule has 0 N–H and O–H groups in total. The van der Waals surface area contributed by atoms with Crippen molar-refractivity contribution in [2.75, 3.05) is 0 Å². The van der Waals surface area contributed by atoms with Gasteiger partial charge in [0.2, 0.25) is 5.82 Å². The SMILES string of the molecule is Cn1c2cnccc2c2c1[n+]1c(n2-c2ccccc2)-c2ccccc2C1. The lowest BCUT2D eigenvalue weighted by atomic mass is 10.1. The first-order chi connectivity index (χ1) is 12.8. The third-order valence-electron chi connectivity index (χ3n) is 5.49. The minimum absolute atomic E-state index is 0.902. The molecule has 0 spiro atoms. The molecule has 26 heavy (non-hydrogen) atoms. The number of nitrogens with zero attached hydrogens (tertiary/aromatic N) is 4. The Labute approximate surface area is 150 Å². The average Bonchev–Trinajstić information content (AvgIpc) is 3.31. The van der Waals surface area contributed by atoms with Gasteiger partial charge in [0.15, 0.2) is 5.52 Å². The van der Waals surface area contributed by atoms with E-state index in [1.807, 2.05) is 12.4 Å². The predicted octanol–water partition coefficient (Wildman–Crippen LogP) is 3.83. The third-order valence-corrected chi connectivity index (χ3v) is 5.49. The van der Waals surface area contributed by atoms with Crippen molar-refractivity contribution in [3.05, 3.63) is 78.6 Å². The maximum Gasteiger partial charge on any atom is 0.270 e. The monoisotopic (exact) mass is 337 g/mol. The van der Waals surface area contributed by atoms with Crippen LogP contribution in [0.2, 0.25) is 0 Å². The van der Waals surface area contributed by atoms with Gasteiger partial charge in [0, 0.05) is 11.8 Å². The third kappa shape index (κ3) is 1.59. The molecule has 0 radical (unpaired) electrons. The number of para-hydroxylation sites is 1. The maximum atomic E-state index is 4.34. The highest BCUT2D eigenvalue weighted by atomic mass is 15.3. The number of pyridine rings is 1. The van der Waals surface area contributed by atoms with Crippen LogP contribution in [-0.2, 0) is 13.6 Å². The van der Waals surface area contributed by atoms with Crippen molar-refractivity contribution in [3.8, 4) is 17.1 Å². The molecule has 4 heteroatoms. The van der Waals surface area contributed by atoms with Crippen molar-refractivity contribution in [2.45, 2.75) is 6.54 Å². The van der Waals surface area contributed by atoms with Crippen LogP contribution in [0.4, 0.5) is 0 Å². The highest BCUT2D eigenvalue weighted by molar-refractivity contribution is 6.05. The van der Waals surface area contributed by atoms with E-state index < -0.39 is 0 Å². The van der Waals surface area contributed by atoms with Gasteiger partial charge >= 0.3 is 0 Å². The van der Waals surface area contributed by atoms with E-state index in [1.54, 1.807) is 0 Å². The first-order valence-electron chi connectivity index (χ1n) is 8.85. The predicted molar refractivity (Wildman–Crippen MR) is 102 cm³/mol. The van der Waals surface area contributed by atoms with E-state index in [0.717, 1.165) is 12.1 Å². The van der Waals surface area contributed by atoms with Crippen molar-refractivity contribution >= 4 is 22.1 Å². The Balaban J connectivity index is 1.87. The van der Waals surface area contributed by atoms with E-state index in [-0.39, 0.29) is 0 Å². The summed E-state index contributed by atoms with van der Waals surface area (Å²) in [5, 5.41) is 1.24. The first kappa shape index (κ1) is 13.8. The van der Waals surface area contributed by atoms with Crippen LogP contribution in [0.1, 0.15) is 5.56 Å². The summed E-state index contributed by atoms with van der Waals surface area (Å²) in [5.41, 5.74) is 7.52. The Bertz CT molecular complexity index is 1310. The van der Waals surface area contributed by atoms with Crippen LogP contribution < -0.4 is 4.57 Å². The van der Waals surface area contributed by atoms with Gasteiger partial charge in [-0.1, -0.05) is 36.4 Å². The van der Waals surface area contributed by atoms with Gasteiger partial charge in [-0.3, -0.25) is 9.55 Å². The molecule has 6 rings (SSSR count). The lowest BCUT2D eigenvalue weighted by molar-refractivity contribution is -0.648. The van der Waals surface area contributed by atoms with E-state index in [1.165, 1.54) is 39.2 Å². The number of fused-ring (bicyclic) bond motifs is 7. The molecule has 4 heterocycles. The summed E-state index contributed by atoms with van der Waals surface area (Å²) in [5.74, 6) is 1.26. The van der Waals surface area contributed by atoms with Gasteiger partial charge in [0.1, 0.15) is 11.2 Å². The average molecular weight is 337 g/mol. The molecule has 124 valence electrons. The fourth-order valence-electron chi connectivity index (χ4n) is 4.39. The zero-order valence-electron chi connectivity index (χ0n) is 14.4. The fourth-order valence-corrected chi connectivity index (χ4v) is 4.39. The molecule has 1 aliphatic heterocycles. The topological polar surface area (TPSA) is 26.6 Å². The second-order valence-electron chi connectivity index (χ2n) is 6.86. The number of aromatic nitrogens is 4. The van der Waals surface area contributed by atoms with Gasteiger partial charge < -0.3 is 0 Å². The highest BCUT2D eigenvalue weighted by Crippen LogP contribution is 2.37. The molecule has 0 fully saturated rings. The van der Waals surface area contributed by atoms with Gasteiger partial charge in [0.25, 0.3) is 5.65 Å². The Hall–Kier alpha value is -3.40. The number of imidazole rings is 1. The molecule has 4 nitrogen and oxygen atoms in total. The van der Waals surface area contributed by atoms with Crippen LogP contribution >= 0.6 is 0 Å². The summed E-state index contributed by atoms with van der Waals surface area (Å²) in [4.78, 5) is 4.34. The molecular formula is C22H17N4+. The van der Waals surface area contributed by atoms with E-state index in [0.29, 0.717) is 0 Å². The van der Waals surface area contributed by atoms with Crippen molar-refractivity contribution < 1.29 is 4.57 Å². The molecule has 0 bridgehead atoms. The molecule has 0 amide bonds. The van der Waals surface area contributed by atoms with Gasteiger partial charge in [-0.15, -0.1) is 0 Å². The molecule has 1 aliphatic rings. The molecule has 3 aromatic heterocycles. The highest BCUT2D eigenvalue weighted by Gasteiger charge is 2.36. The Morgan fingerprint density at radius 2 is 1.77 bits per heavy atom. The molecule has 0 atom stereocenters. The molecule has 0 unspecified atom stereocenters. The zero-order valence-corrected chi connectivity index (χ0v) is 14.4. The zero-order chi connectivity index (χ0) is 17.3. The van der Waals surface area contributed by atoms with Gasteiger partial charge in [0.05, 0.1) is 30.7 Å². The van der Waals surface area contributed by atoms with Crippen molar-refractivity contribution in [1.82, 2.24) is 14.1 Å². The smallest absolute Gasteiger partial charge is 0.261 e. The van der Waals surface area contributed by atoms with Crippen molar-refractivity contribution in [1.29, 1.82) is 0 Å². The quantitative estimate of drug-likeness (QED) is 0.419. The van der Waals surface area contributed by atoms with Crippen LogP contribution in [0, 0.1) is 0 Å². The summed E-state index contributed by atoms with van der Waals surface area (Å²) in [6, 6.07) is 21.5. The van der Waals surface area contributed by atoms with Crippen LogP contribution in [0.3, 0.4) is 0 Å². The molecular weight excluding hydrogens is 320 g/mol. The molecule has 0 saturated heterocycles. The van der Waals surface area contributed by atoms with Gasteiger partial charge in [-0.25, -0.2) is 9.13 Å². The maximum absolute atomic E-state index is 4.34. The molecule has 5 aromatic rings. The summed E-state index contributed by atoms with van der Waals surface area (Å²) >= 11 is 0. The Morgan fingerprint density at radius 3 is 2.65 bits per heavy atom. The first-order valence-corrected chi connectivity index (χ1v) is 8.85. The Morgan fingerprint density at radius 1 is 0.962 bits per heavy atom. The van der Waals surface area contributed by atoms with E-state index in [2.05, 4.69) is 86.4 Å². The lowest BCUT2D eigenvalue weighted by Crippen LogP contribution is -2.33. The van der Waals surface area contributed by atoms with Gasteiger partial charge in [-0.05, 0) is 24.3 Å². The van der Waals surface area contributed by atoms with Crippen LogP contribution in [0.15, 0.2) is 73.1 Å². The number of hydrogen-bond donors (Lipinski definition) is 0. The van der Waals surface area contributed by atoms with Crippen LogP contribution in [-0.4, -0.2) is 14.1 Å².